The molecular weight excluding hydrogens is 402 g/mol. The lowest BCUT2D eigenvalue weighted by Crippen LogP contribution is -2.41. The SMILES string of the molecule is CC(CNC(=O)Nc1ccc2c(ccn2CCN2CCOCC2)c1)N(C)c1ccccc1. The molecule has 2 amide bonds. The fourth-order valence-electron chi connectivity index (χ4n) is 4.02. The van der Waals surface area contributed by atoms with Crippen LogP contribution in [0.2, 0.25) is 0 Å². The van der Waals surface area contributed by atoms with Crippen LogP contribution < -0.4 is 15.5 Å². The summed E-state index contributed by atoms with van der Waals surface area (Å²) in [5, 5.41) is 7.07. The third-order valence-electron chi connectivity index (χ3n) is 6.17. The smallest absolute Gasteiger partial charge is 0.319 e. The molecule has 1 unspecified atom stereocenters. The van der Waals surface area contributed by atoms with Gasteiger partial charge in [-0.05, 0) is 43.3 Å². The van der Waals surface area contributed by atoms with Crippen LogP contribution in [0.15, 0.2) is 60.8 Å². The number of morpholine rings is 1. The van der Waals surface area contributed by atoms with Gasteiger partial charge in [-0.2, -0.15) is 0 Å². The molecule has 1 aliphatic heterocycles. The minimum absolute atomic E-state index is 0.172. The van der Waals surface area contributed by atoms with E-state index in [4.69, 9.17) is 4.74 Å². The molecule has 1 aromatic heterocycles. The largest absolute Gasteiger partial charge is 0.379 e. The molecule has 2 heterocycles. The first-order chi connectivity index (χ1) is 15.6. The van der Waals surface area contributed by atoms with Crippen molar-refractivity contribution in [1.82, 2.24) is 14.8 Å². The maximum absolute atomic E-state index is 12.4. The van der Waals surface area contributed by atoms with Crippen LogP contribution in [0.25, 0.3) is 10.9 Å². The van der Waals surface area contributed by atoms with Crippen molar-refractivity contribution in [2.75, 3.05) is 56.7 Å². The average molecular weight is 436 g/mol. The molecule has 32 heavy (non-hydrogen) atoms. The zero-order valence-corrected chi connectivity index (χ0v) is 19.0. The van der Waals surface area contributed by atoms with Gasteiger partial charge < -0.3 is 24.8 Å². The number of ether oxygens (including phenoxy) is 1. The second kappa shape index (κ2) is 10.5. The molecule has 1 atom stereocenters. The summed E-state index contributed by atoms with van der Waals surface area (Å²) in [6.45, 7) is 8.27. The van der Waals surface area contributed by atoms with E-state index in [1.54, 1.807) is 0 Å². The number of amides is 2. The number of aromatic nitrogens is 1. The predicted molar refractivity (Wildman–Crippen MR) is 131 cm³/mol. The quantitative estimate of drug-likeness (QED) is 0.567. The van der Waals surface area contributed by atoms with Gasteiger partial charge in [0, 0.05) is 74.3 Å². The van der Waals surface area contributed by atoms with E-state index in [1.807, 2.05) is 37.4 Å². The number of benzene rings is 2. The third-order valence-corrected chi connectivity index (χ3v) is 6.17. The number of para-hydroxylation sites is 1. The van der Waals surface area contributed by atoms with Gasteiger partial charge in [-0.25, -0.2) is 4.79 Å². The Labute approximate surface area is 189 Å². The van der Waals surface area contributed by atoms with Crippen molar-refractivity contribution >= 4 is 28.3 Å². The van der Waals surface area contributed by atoms with Crippen molar-refractivity contribution in [2.45, 2.75) is 19.5 Å². The van der Waals surface area contributed by atoms with Crippen molar-refractivity contribution in [2.24, 2.45) is 0 Å². The van der Waals surface area contributed by atoms with Crippen molar-refractivity contribution < 1.29 is 9.53 Å². The monoisotopic (exact) mass is 435 g/mol. The fourth-order valence-corrected chi connectivity index (χ4v) is 4.02. The van der Waals surface area contributed by atoms with Crippen molar-refractivity contribution in [3.05, 3.63) is 60.8 Å². The van der Waals surface area contributed by atoms with Crippen LogP contribution in [0.5, 0.6) is 0 Å². The molecule has 0 radical (unpaired) electrons. The second-order valence-electron chi connectivity index (χ2n) is 8.37. The first kappa shape index (κ1) is 22.2. The fraction of sp³-hybridized carbons (Fsp3) is 0.400. The number of carbonyl (C=O) groups is 1. The molecule has 3 aromatic rings. The highest BCUT2D eigenvalue weighted by atomic mass is 16.5. The number of hydrogen-bond acceptors (Lipinski definition) is 4. The van der Waals surface area contributed by atoms with E-state index in [-0.39, 0.29) is 12.1 Å². The first-order valence-electron chi connectivity index (χ1n) is 11.3. The Morgan fingerprint density at radius 3 is 2.66 bits per heavy atom. The lowest BCUT2D eigenvalue weighted by atomic mass is 10.2. The number of urea groups is 1. The number of carbonyl (C=O) groups excluding carboxylic acids is 1. The summed E-state index contributed by atoms with van der Waals surface area (Å²) in [6.07, 6.45) is 2.12. The van der Waals surface area contributed by atoms with Crippen LogP contribution in [0, 0.1) is 0 Å². The van der Waals surface area contributed by atoms with Crippen molar-refractivity contribution in [3.63, 3.8) is 0 Å². The zero-order valence-electron chi connectivity index (χ0n) is 19.0. The molecule has 4 rings (SSSR count). The van der Waals surface area contributed by atoms with Gasteiger partial charge in [0.05, 0.1) is 13.2 Å². The Hall–Kier alpha value is -3.03. The molecule has 7 heteroatoms. The summed E-state index contributed by atoms with van der Waals surface area (Å²) in [7, 11) is 2.04. The predicted octanol–water partition coefficient (Wildman–Crippen LogP) is 3.62. The van der Waals surface area contributed by atoms with Gasteiger partial charge in [0.1, 0.15) is 0 Å². The number of likely N-dealkylation sites (N-methyl/N-ethyl adjacent to an activating group) is 1. The van der Waals surface area contributed by atoms with E-state index >= 15 is 0 Å². The molecule has 170 valence electrons. The molecule has 2 N–H and O–H groups in total. The van der Waals surface area contributed by atoms with Crippen LogP contribution in [0.4, 0.5) is 16.2 Å². The van der Waals surface area contributed by atoms with Gasteiger partial charge in [0.15, 0.2) is 0 Å². The van der Waals surface area contributed by atoms with E-state index in [0.29, 0.717) is 6.54 Å². The van der Waals surface area contributed by atoms with Gasteiger partial charge in [0.25, 0.3) is 0 Å². The van der Waals surface area contributed by atoms with Gasteiger partial charge in [-0.1, -0.05) is 18.2 Å². The number of hydrogen-bond donors (Lipinski definition) is 2. The Morgan fingerprint density at radius 1 is 1.09 bits per heavy atom. The van der Waals surface area contributed by atoms with Crippen molar-refractivity contribution in [3.8, 4) is 0 Å². The van der Waals surface area contributed by atoms with Crippen LogP contribution in [0.1, 0.15) is 6.92 Å². The number of nitrogens with zero attached hydrogens (tertiary/aromatic N) is 3. The van der Waals surface area contributed by atoms with E-state index in [2.05, 4.69) is 62.4 Å². The van der Waals surface area contributed by atoms with E-state index in [9.17, 15) is 4.79 Å². The Kier molecular flexibility index (Phi) is 7.29. The number of nitrogens with one attached hydrogen (secondary N) is 2. The maximum atomic E-state index is 12.4. The van der Waals surface area contributed by atoms with Crippen LogP contribution in [-0.4, -0.2) is 68.0 Å². The molecule has 0 aliphatic carbocycles. The van der Waals surface area contributed by atoms with Gasteiger partial charge in [-0.3, -0.25) is 4.90 Å². The molecule has 0 spiro atoms. The maximum Gasteiger partial charge on any atom is 0.319 e. The first-order valence-corrected chi connectivity index (χ1v) is 11.3. The summed E-state index contributed by atoms with van der Waals surface area (Å²) >= 11 is 0. The number of fused-ring (bicyclic) bond motifs is 1. The van der Waals surface area contributed by atoms with E-state index in [0.717, 1.165) is 56.2 Å². The molecular formula is C25H33N5O2. The Bertz CT molecular complexity index is 1010. The van der Waals surface area contributed by atoms with E-state index in [1.165, 1.54) is 5.52 Å². The highest BCUT2D eigenvalue weighted by Crippen LogP contribution is 2.21. The highest BCUT2D eigenvalue weighted by molar-refractivity contribution is 5.93. The molecule has 1 fully saturated rings. The molecule has 1 aliphatic rings. The second-order valence-corrected chi connectivity index (χ2v) is 8.37. The summed E-state index contributed by atoms with van der Waals surface area (Å²) in [5.74, 6) is 0. The minimum atomic E-state index is -0.190. The normalized spacial score (nSPS) is 15.4. The van der Waals surface area contributed by atoms with Gasteiger partial charge in [-0.15, -0.1) is 0 Å². The molecule has 7 nitrogen and oxygen atoms in total. The highest BCUT2D eigenvalue weighted by Gasteiger charge is 2.13. The van der Waals surface area contributed by atoms with Crippen LogP contribution >= 0.6 is 0 Å². The summed E-state index contributed by atoms with van der Waals surface area (Å²) in [6, 6.07) is 18.3. The summed E-state index contributed by atoms with van der Waals surface area (Å²) < 4.78 is 7.70. The average Bonchev–Trinajstić information content (AvgIpc) is 3.24. The molecule has 0 bridgehead atoms. The zero-order chi connectivity index (χ0) is 22.3. The van der Waals surface area contributed by atoms with E-state index < -0.39 is 0 Å². The van der Waals surface area contributed by atoms with Crippen molar-refractivity contribution in [1.29, 1.82) is 0 Å². The van der Waals surface area contributed by atoms with Crippen LogP contribution in [0.3, 0.4) is 0 Å². The third kappa shape index (κ3) is 5.60. The lowest BCUT2D eigenvalue weighted by Gasteiger charge is -2.27. The minimum Gasteiger partial charge on any atom is -0.379 e. The standard InChI is InChI=1S/C25H33N5O2/c1-20(28(2)23-6-4-3-5-7-23)19-26-25(31)27-22-8-9-24-21(18-22)10-11-30(24)13-12-29-14-16-32-17-15-29/h3-11,18,20H,12-17,19H2,1-2H3,(H2,26,27,31). The van der Waals surface area contributed by atoms with Crippen LogP contribution in [-0.2, 0) is 11.3 Å². The number of anilines is 2. The Morgan fingerprint density at radius 2 is 1.88 bits per heavy atom. The topological polar surface area (TPSA) is 61.8 Å². The molecule has 1 saturated heterocycles. The lowest BCUT2D eigenvalue weighted by molar-refractivity contribution is 0.0365. The molecule has 0 saturated carbocycles. The number of rotatable bonds is 8. The summed E-state index contributed by atoms with van der Waals surface area (Å²) in [4.78, 5) is 17.0. The van der Waals surface area contributed by atoms with Gasteiger partial charge >= 0.3 is 6.03 Å². The van der Waals surface area contributed by atoms with Gasteiger partial charge in [0.2, 0.25) is 0 Å². The molecule has 2 aromatic carbocycles. The Balaban J connectivity index is 1.28. The summed E-state index contributed by atoms with van der Waals surface area (Å²) in [5.41, 5.74) is 3.11.